The number of ether oxygens (including phenoxy) is 2. The molecule has 0 aliphatic heterocycles. The monoisotopic (exact) mass is 361 g/mol. The highest BCUT2D eigenvalue weighted by Gasteiger charge is 2.16. The second kappa shape index (κ2) is 8.67. The SMILES string of the molecule is COc1ccc(OC)c(C(O)CNC(=O)Nc2cccc([N+](=O)[O-])c2)c1. The number of aliphatic hydroxyl groups excluding tert-OH is 1. The number of hydrogen-bond acceptors (Lipinski definition) is 6. The van der Waals surface area contributed by atoms with Crippen molar-refractivity contribution in [2.45, 2.75) is 6.10 Å². The van der Waals surface area contributed by atoms with E-state index in [1.54, 1.807) is 18.2 Å². The number of nitro groups is 1. The largest absolute Gasteiger partial charge is 0.497 e. The van der Waals surface area contributed by atoms with Crippen LogP contribution in [-0.4, -0.2) is 36.8 Å². The van der Waals surface area contributed by atoms with Crippen molar-refractivity contribution in [3.05, 3.63) is 58.1 Å². The van der Waals surface area contributed by atoms with Crippen molar-refractivity contribution in [1.82, 2.24) is 5.32 Å². The number of anilines is 1. The quantitative estimate of drug-likeness (QED) is 0.514. The van der Waals surface area contributed by atoms with Gasteiger partial charge in [0, 0.05) is 29.9 Å². The lowest BCUT2D eigenvalue weighted by Gasteiger charge is -2.16. The van der Waals surface area contributed by atoms with Crippen LogP contribution in [0.4, 0.5) is 16.2 Å². The fourth-order valence-electron chi connectivity index (χ4n) is 2.27. The number of nitrogens with zero attached hydrogens (tertiary/aromatic N) is 1. The van der Waals surface area contributed by atoms with Crippen molar-refractivity contribution in [3.63, 3.8) is 0 Å². The van der Waals surface area contributed by atoms with Crippen molar-refractivity contribution in [3.8, 4) is 11.5 Å². The van der Waals surface area contributed by atoms with E-state index in [1.807, 2.05) is 0 Å². The van der Waals surface area contributed by atoms with E-state index < -0.39 is 17.1 Å². The Balaban J connectivity index is 1.99. The molecule has 9 heteroatoms. The smallest absolute Gasteiger partial charge is 0.319 e. The molecule has 0 aromatic heterocycles. The molecule has 26 heavy (non-hydrogen) atoms. The maximum atomic E-state index is 11.9. The van der Waals surface area contributed by atoms with E-state index in [-0.39, 0.29) is 17.9 Å². The highest BCUT2D eigenvalue weighted by Crippen LogP contribution is 2.29. The molecular weight excluding hydrogens is 342 g/mol. The fraction of sp³-hybridized carbons (Fsp3) is 0.235. The van der Waals surface area contributed by atoms with Gasteiger partial charge in [0.25, 0.3) is 5.69 Å². The summed E-state index contributed by atoms with van der Waals surface area (Å²) in [6, 6.07) is 9.90. The van der Waals surface area contributed by atoms with Crippen LogP contribution in [0.25, 0.3) is 0 Å². The minimum Gasteiger partial charge on any atom is -0.497 e. The number of nitro benzene ring substituents is 1. The molecule has 0 spiro atoms. The number of rotatable bonds is 7. The highest BCUT2D eigenvalue weighted by atomic mass is 16.6. The lowest BCUT2D eigenvalue weighted by atomic mass is 10.1. The van der Waals surface area contributed by atoms with Gasteiger partial charge in [-0.1, -0.05) is 6.07 Å². The minimum atomic E-state index is -1.03. The maximum Gasteiger partial charge on any atom is 0.319 e. The van der Waals surface area contributed by atoms with Gasteiger partial charge in [0.15, 0.2) is 0 Å². The molecule has 1 atom stereocenters. The van der Waals surface area contributed by atoms with Crippen molar-refractivity contribution in [2.75, 3.05) is 26.1 Å². The number of carbonyl (C=O) groups is 1. The van der Waals surface area contributed by atoms with Crippen LogP contribution in [0.1, 0.15) is 11.7 Å². The normalized spacial score (nSPS) is 11.3. The van der Waals surface area contributed by atoms with Gasteiger partial charge in [-0.3, -0.25) is 10.1 Å². The molecule has 0 fully saturated rings. The van der Waals surface area contributed by atoms with Crippen molar-refractivity contribution in [2.24, 2.45) is 0 Å². The summed E-state index contributed by atoms with van der Waals surface area (Å²) in [5.74, 6) is 1.00. The zero-order chi connectivity index (χ0) is 19.1. The molecule has 0 heterocycles. The number of amides is 2. The van der Waals surface area contributed by atoms with E-state index >= 15 is 0 Å². The van der Waals surface area contributed by atoms with E-state index in [9.17, 15) is 20.0 Å². The van der Waals surface area contributed by atoms with E-state index in [0.29, 0.717) is 17.1 Å². The van der Waals surface area contributed by atoms with Crippen LogP contribution in [0.5, 0.6) is 11.5 Å². The molecule has 0 saturated heterocycles. The Morgan fingerprint density at radius 3 is 2.65 bits per heavy atom. The van der Waals surface area contributed by atoms with Gasteiger partial charge in [0.05, 0.1) is 19.1 Å². The van der Waals surface area contributed by atoms with Crippen LogP contribution < -0.4 is 20.1 Å². The van der Waals surface area contributed by atoms with E-state index in [0.717, 1.165) is 0 Å². The molecule has 2 aromatic carbocycles. The molecule has 0 aliphatic carbocycles. The number of methoxy groups -OCH3 is 2. The Morgan fingerprint density at radius 2 is 2.00 bits per heavy atom. The first kappa shape index (κ1) is 19.0. The molecule has 2 amide bonds. The summed E-state index contributed by atoms with van der Waals surface area (Å²) in [5, 5.41) is 26.0. The Kier molecular flexibility index (Phi) is 6.34. The summed E-state index contributed by atoms with van der Waals surface area (Å²) in [6.07, 6.45) is -1.03. The van der Waals surface area contributed by atoms with Gasteiger partial charge in [-0.2, -0.15) is 0 Å². The van der Waals surface area contributed by atoms with E-state index in [4.69, 9.17) is 9.47 Å². The standard InChI is InChI=1S/C17H19N3O6/c1-25-13-6-7-16(26-2)14(9-13)15(21)10-18-17(22)19-11-4-3-5-12(8-11)20(23)24/h3-9,15,21H,10H2,1-2H3,(H2,18,19,22). The molecule has 0 bridgehead atoms. The van der Waals surface area contributed by atoms with Crippen LogP contribution in [0.3, 0.4) is 0 Å². The molecule has 0 aliphatic rings. The number of non-ortho nitro benzene ring substituents is 1. The third kappa shape index (κ3) is 4.84. The van der Waals surface area contributed by atoms with Crippen LogP contribution in [0.15, 0.2) is 42.5 Å². The first-order valence-electron chi connectivity index (χ1n) is 7.64. The average molecular weight is 361 g/mol. The lowest BCUT2D eigenvalue weighted by Crippen LogP contribution is -2.32. The summed E-state index contributed by atoms with van der Waals surface area (Å²) in [4.78, 5) is 22.1. The van der Waals surface area contributed by atoms with Crippen molar-refractivity contribution in [1.29, 1.82) is 0 Å². The van der Waals surface area contributed by atoms with E-state index in [1.165, 1.54) is 38.5 Å². The Bertz CT molecular complexity index is 796. The number of hydrogen-bond donors (Lipinski definition) is 3. The summed E-state index contributed by atoms with van der Waals surface area (Å²) < 4.78 is 10.3. The molecular formula is C17H19N3O6. The van der Waals surface area contributed by atoms with Gasteiger partial charge in [0.2, 0.25) is 0 Å². The molecule has 0 radical (unpaired) electrons. The second-order valence-electron chi connectivity index (χ2n) is 5.27. The van der Waals surface area contributed by atoms with Crippen molar-refractivity contribution < 1.29 is 24.3 Å². The first-order chi connectivity index (χ1) is 12.4. The third-order valence-corrected chi connectivity index (χ3v) is 3.57. The molecule has 1 unspecified atom stereocenters. The molecule has 9 nitrogen and oxygen atoms in total. The summed E-state index contributed by atoms with van der Waals surface area (Å²) in [6.45, 7) is -0.0930. The average Bonchev–Trinajstić information content (AvgIpc) is 2.65. The number of benzene rings is 2. The van der Waals surface area contributed by atoms with Gasteiger partial charge >= 0.3 is 6.03 Å². The number of aliphatic hydroxyl groups is 1. The van der Waals surface area contributed by atoms with Crippen LogP contribution in [0, 0.1) is 10.1 Å². The minimum absolute atomic E-state index is 0.0930. The second-order valence-corrected chi connectivity index (χ2v) is 5.27. The van der Waals surface area contributed by atoms with Crippen molar-refractivity contribution >= 4 is 17.4 Å². The molecule has 2 rings (SSSR count). The summed E-state index contributed by atoms with van der Waals surface area (Å²) in [5.41, 5.74) is 0.594. The van der Waals surface area contributed by atoms with Crippen LogP contribution in [-0.2, 0) is 0 Å². The lowest BCUT2D eigenvalue weighted by molar-refractivity contribution is -0.384. The predicted molar refractivity (Wildman–Crippen MR) is 94.6 cm³/mol. The molecule has 3 N–H and O–H groups in total. The van der Waals surface area contributed by atoms with Crippen LogP contribution in [0.2, 0.25) is 0 Å². The Labute approximate surface area is 149 Å². The Hall–Kier alpha value is -3.33. The number of nitrogens with one attached hydrogen (secondary N) is 2. The molecule has 0 saturated carbocycles. The van der Waals surface area contributed by atoms with Gasteiger partial charge in [-0.05, 0) is 24.3 Å². The third-order valence-electron chi connectivity index (χ3n) is 3.57. The topological polar surface area (TPSA) is 123 Å². The van der Waals surface area contributed by atoms with Gasteiger partial charge in [-0.25, -0.2) is 4.79 Å². The zero-order valence-electron chi connectivity index (χ0n) is 14.3. The number of urea groups is 1. The van der Waals surface area contributed by atoms with Crippen LogP contribution >= 0.6 is 0 Å². The maximum absolute atomic E-state index is 11.9. The Morgan fingerprint density at radius 1 is 1.23 bits per heavy atom. The molecule has 2 aromatic rings. The zero-order valence-corrected chi connectivity index (χ0v) is 14.3. The van der Waals surface area contributed by atoms with E-state index in [2.05, 4.69) is 10.6 Å². The summed E-state index contributed by atoms with van der Waals surface area (Å²) >= 11 is 0. The molecule has 138 valence electrons. The van der Waals surface area contributed by atoms with Gasteiger partial charge in [-0.15, -0.1) is 0 Å². The summed E-state index contributed by atoms with van der Waals surface area (Å²) in [7, 11) is 2.98. The first-order valence-corrected chi connectivity index (χ1v) is 7.64. The fourth-order valence-corrected chi connectivity index (χ4v) is 2.27. The predicted octanol–water partition coefficient (Wildman–Crippen LogP) is 2.47. The highest BCUT2D eigenvalue weighted by molar-refractivity contribution is 5.89. The van der Waals surface area contributed by atoms with Gasteiger partial charge < -0.3 is 25.2 Å². The number of carbonyl (C=O) groups excluding carboxylic acids is 1. The van der Waals surface area contributed by atoms with Gasteiger partial charge in [0.1, 0.15) is 17.6 Å².